The van der Waals surface area contributed by atoms with Gasteiger partial charge in [0, 0.05) is 19.0 Å². The monoisotopic (exact) mass is 368 g/mol. The number of benzene rings is 1. The normalized spacial score (nSPS) is 31.2. The third kappa shape index (κ3) is 3.11. The Hall–Kier alpha value is -2.04. The highest BCUT2D eigenvalue weighted by atomic mass is 16.6. The van der Waals surface area contributed by atoms with Crippen molar-refractivity contribution >= 4 is 12.0 Å². The predicted molar refractivity (Wildman–Crippen MR) is 102 cm³/mol. The van der Waals surface area contributed by atoms with Gasteiger partial charge in [-0.25, -0.2) is 4.79 Å². The maximum atomic E-state index is 12.8. The number of carbonyl (C=O) groups is 2. The Kier molecular flexibility index (Phi) is 4.14. The van der Waals surface area contributed by atoms with E-state index >= 15 is 0 Å². The van der Waals surface area contributed by atoms with Crippen LogP contribution in [0.15, 0.2) is 24.3 Å². The van der Waals surface area contributed by atoms with Crippen LogP contribution in [0.25, 0.3) is 0 Å². The Labute approximate surface area is 160 Å². The highest BCUT2D eigenvalue weighted by Crippen LogP contribution is 2.42. The quantitative estimate of drug-likeness (QED) is 0.888. The first-order valence-electron chi connectivity index (χ1n) is 10.5. The van der Waals surface area contributed by atoms with E-state index in [1.807, 2.05) is 4.90 Å². The Balaban J connectivity index is 1.15. The van der Waals surface area contributed by atoms with E-state index in [0.717, 1.165) is 44.7 Å². The third-order valence-corrected chi connectivity index (χ3v) is 7.24. The molecule has 27 heavy (non-hydrogen) atoms. The molecule has 5 heteroatoms. The second-order valence-electron chi connectivity index (χ2n) is 8.98. The first-order valence-corrected chi connectivity index (χ1v) is 10.5. The number of piperidine rings is 1. The molecule has 0 radical (unpaired) electrons. The summed E-state index contributed by atoms with van der Waals surface area (Å²) in [6.45, 7) is 2.11. The summed E-state index contributed by atoms with van der Waals surface area (Å²) in [6.07, 6.45) is 7.26. The molecule has 5 nitrogen and oxygen atoms in total. The van der Waals surface area contributed by atoms with Gasteiger partial charge in [-0.1, -0.05) is 30.7 Å². The van der Waals surface area contributed by atoms with E-state index in [1.165, 1.54) is 30.4 Å². The minimum atomic E-state index is -0.342. The summed E-state index contributed by atoms with van der Waals surface area (Å²) in [4.78, 5) is 26.1. The minimum absolute atomic E-state index is 0.0468. The van der Waals surface area contributed by atoms with Crippen LogP contribution < -0.4 is 5.32 Å². The maximum Gasteiger partial charge on any atom is 0.407 e. The molecule has 4 fully saturated rings. The molecule has 2 saturated heterocycles. The van der Waals surface area contributed by atoms with Gasteiger partial charge < -0.3 is 15.0 Å². The van der Waals surface area contributed by atoms with E-state index in [-0.39, 0.29) is 23.5 Å². The number of nitrogens with zero attached hydrogens (tertiary/aromatic N) is 1. The standard InChI is InChI=1S/C22H28N2O3/c25-20(19-12-22(13-19)14-27-21(26)23-22)24-9-7-16(8-10-24)18-6-2-5-17(11-18)15-3-1-4-15/h2,5-6,11,15-16,19H,1,3-4,7-10,12-14H2,(H,23,26). The summed E-state index contributed by atoms with van der Waals surface area (Å²) >= 11 is 0. The number of ether oxygens (including phenoxy) is 1. The van der Waals surface area contributed by atoms with Crippen LogP contribution in [0.1, 0.15) is 67.9 Å². The highest BCUT2D eigenvalue weighted by Gasteiger charge is 2.53. The summed E-state index contributed by atoms with van der Waals surface area (Å²) in [5.41, 5.74) is 2.70. The smallest absolute Gasteiger partial charge is 0.407 e. The predicted octanol–water partition coefficient (Wildman–Crippen LogP) is 3.55. The molecule has 5 rings (SSSR count). The van der Waals surface area contributed by atoms with E-state index in [0.29, 0.717) is 12.5 Å². The summed E-state index contributed by atoms with van der Waals surface area (Å²) in [5.74, 6) is 1.66. The number of alkyl carbamates (subject to hydrolysis) is 1. The average Bonchev–Trinajstić information content (AvgIpc) is 3.01. The first-order chi connectivity index (χ1) is 13.1. The SMILES string of the molecule is O=C1NC2(CO1)CC(C(=O)N1CCC(c3cccc(C4CCC4)c3)CC1)C2. The van der Waals surface area contributed by atoms with Crippen LogP contribution in [-0.2, 0) is 9.53 Å². The lowest BCUT2D eigenvalue weighted by Crippen LogP contribution is -2.58. The van der Waals surface area contributed by atoms with Gasteiger partial charge in [-0.05, 0) is 61.5 Å². The molecule has 144 valence electrons. The fourth-order valence-corrected chi connectivity index (χ4v) is 5.27. The van der Waals surface area contributed by atoms with Crippen LogP contribution in [0.2, 0.25) is 0 Å². The van der Waals surface area contributed by atoms with E-state index < -0.39 is 0 Å². The number of cyclic esters (lactones) is 1. The molecule has 2 saturated carbocycles. The van der Waals surface area contributed by atoms with Crippen molar-refractivity contribution in [1.82, 2.24) is 10.2 Å². The van der Waals surface area contributed by atoms with Crippen molar-refractivity contribution < 1.29 is 14.3 Å². The molecular weight excluding hydrogens is 340 g/mol. The molecule has 1 N–H and O–H groups in total. The van der Waals surface area contributed by atoms with Crippen molar-refractivity contribution in [1.29, 1.82) is 0 Å². The number of carbonyl (C=O) groups excluding carboxylic acids is 2. The van der Waals surface area contributed by atoms with Gasteiger partial charge in [0.05, 0.1) is 5.54 Å². The summed E-state index contributed by atoms with van der Waals surface area (Å²) in [7, 11) is 0. The van der Waals surface area contributed by atoms with Gasteiger partial charge in [0.1, 0.15) is 6.61 Å². The van der Waals surface area contributed by atoms with Crippen molar-refractivity contribution in [2.75, 3.05) is 19.7 Å². The van der Waals surface area contributed by atoms with E-state index in [4.69, 9.17) is 4.74 Å². The zero-order valence-electron chi connectivity index (χ0n) is 15.8. The lowest BCUT2D eigenvalue weighted by atomic mass is 9.68. The third-order valence-electron chi connectivity index (χ3n) is 7.24. The minimum Gasteiger partial charge on any atom is -0.447 e. The Morgan fingerprint density at radius 1 is 1.07 bits per heavy atom. The zero-order valence-corrected chi connectivity index (χ0v) is 15.8. The van der Waals surface area contributed by atoms with Crippen molar-refractivity contribution in [2.24, 2.45) is 5.92 Å². The highest BCUT2D eigenvalue weighted by molar-refractivity contribution is 5.81. The topological polar surface area (TPSA) is 58.6 Å². The maximum absolute atomic E-state index is 12.8. The molecule has 2 aliphatic heterocycles. The number of nitrogens with one attached hydrogen (secondary N) is 1. The molecule has 1 aromatic carbocycles. The van der Waals surface area contributed by atoms with Crippen LogP contribution in [0, 0.1) is 5.92 Å². The molecule has 0 bridgehead atoms. The fraction of sp³-hybridized carbons (Fsp3) is 0.636. The molecule has 1 spiro atoms. The molecule has 1 aromatic rings. The molecule has 2 aliphatic carbocycles. The largest absolute Gasteiger partial charge is 0.447 e. The summed E-state index contributed by atoms with van der Waals surface area (Å²) < 4.78 is 5.01. The number of rotatable bonds is 3. The van der Waals surface area contributed by atoms with Crippen molar-refractivity contribution in [3.63, 3.8) is 0 Å². The Morgan fingerprint density at radius 3 is 2.30 bits per heavy atom. The second kappa shape index (κ2) is 6.54. The second-order valence-corrected chi connectivity index (χ2v) is 8.98. The fourth-order valence-electron chi connectivity index (χ4n) is 5.27. The van der Waals surface area contributed by atoms with Crippen molar-refractivity contribution in [3.05, 3.63) is 35.4 Å². The number of hydrogen-bond donors (Lipinski definition) is 1. The van der Waals surface area contributed by atoms with Crippen molar-refractivity contribution in [3.8, 4) is 0 Å². The van der Waals surface area contributed by atoms with Gasteiger partial charge in [0.25, 0.3) is 0 Å². The van der Waals surface area contributed by atoms with Crippen LogP contribution in [0.4, 0.5) is 4.79 Å². The average molecular weight is 368 g/mol. The molecule has 0 aromatic heterocycles. The van der Waals surface area contributed by atoms with E-state index in [2.05, 4.69) is 29.6 Å². The Morgan fingerprint density at radius 2 is 1.74 bits per heavy atom. The van der Waals surface area contributed by atoms with Crippen LogP contribution in [0.3, 0.4) is 0 Å². The van der Waals surface area contributed by atoms with Crippen LogP contribution in [-0.4, -0.2) is 42.1 Å². The van der Waals surface area contributed by atoms with E-state index in [9.17, 15) is 9.59 Å². The molecule has 4 aliphatic rings. The first kappa shape index (κ1) is 17.1. The van der Waals surface area contributed by atoms with Crippen LogP contribution in [0.5, 0.6) is 0 Å². The lowest BCUT2D eigenvalue weighted by Gasteiger charge is -2.45. The number of likely N-dealkylation sites (tertiary alicyclic amines) is 1. The van der Waals surface area contributed by atoms with Gasteiger partial charge in [-0.2, -0.15) is 0 Å². The lowest BCUT2D eigenvalue weighted by molar-refractivity contribution is -0.142. The van der Waals surface area contributed by atoms with Gasteiger partial charge in [-0.15, -0.1) is 0 Å². The molecule has 2 heterocycles. The molecule has 0 unspecified atom stereocenters. The number of hydrogen-bond acceptors (Lipinski definition) is 3. The van der Waals surface area contributed by atoms with Gasteiger partial charge >= 0.3 is 6.09 Å². The van der Waals surface area contributed by atoms with Crippen LogP contribution >= 0.6 is 0 Å². The summed E-state index contributed by atoms with van der Waals surface area (Å²) in [5, 5.41) is 2.88. The zero-order chi connectivity index (χ0) is 18.4. The van der Waals surface area contributed by atoms with Gasteiger partial charge in [0.2, 0.25) is 5.91 Å². The van der Waals surface area contributed by atoms with Gasteiger partial charge in [-0.3, -0.25) is 4.79 Å². The van der Waals surface area contributed by atoms with Gasteiger partial charge in [0.15, 0.2) is 0 Å². The molecule has 2 amide bonds. The van der Waals surface area contributed by atoms with E-state index in [1.54, 1.807) is 0 Å². The molecule has 0 atom stereocenters. The molecular formula is C22H28N2O3. The summed E-state index contributed by atoms with van der Waals surface area (Å²) in [6, 6.07) is 9.18. The Bertz CT molecular complexity index is 744. The number of amides is 2. The van der Waals surface area contributed by atoms with Crippen molar-refractivity contribution in [2.45, 2.75) is 62.3 Å².